The third-order valence-corrected chi connectivity index (χ3v) is 3.06. The minimum absolute atomic E-state index is 0. The summed E-state index contributed by atoms with van der Waals surface area (Å²) in [4.78, 5) is 34.3. The smallest absolute Gasteiger partial charge is 0.248 e. The van der Waals surface area contributed by atoms with E-state index in [9.17, 15) is 14.4 Å². The van der Waals surface area contributed by atoms with Crippen molar-refractivity contribution in [3.63, 3.8) is 0 Å². The molecule has 2 rings (SSSR count). The average molecular weight is 482 g/mol. The van der Waals surface area contributed by atoms with Crippen molar-refractivity contribution in [2.24, 2.45) is 0 Å². The predicted octanol–water partition coefficient (Wildman–Crippen LogP) is 1.58. The Kier molecular flexibility index (Phi) is 9.47. The van der Waals surface area contributed by atoms with E-state index in [0.717, 1.165) is 0 Å². The molecule has 3 amide bonds. The minimum atomic E-state index is -0.668. The molecule has 0 radical (unpaired) electrons. The molecule has 0 saturated carbocycles. The van der Waals surface area contributed by atoms with Crippen LogP contribution in [0.1, 0.15) is 39.5 Å². The number of halogens is 1. The van der Waals surface area contributed by atoms with Gasteiger partial charge in [0.15, 0.2) is 0 Å². The van der Waals surface area contributed by atoms with Crippen LogP contribution in [-0.2, 0) is 35.4 Å². The summed E-state index contributed by atoms with van der Waals surface area (Å²) < 4.78 is 0. The third-order valence-electron chi connectivity index (χ3n) is 2.77. The first-order valence-corrected chi connectivity index (χ1v) is 7.07. The molecule has 1 aliphatic carbocycles. The molecule has 116 valence electrons. The first-order valence-electron chi connectivity index (χ1n) is 6.69. The van der Waals surface area contributed by atoms with E-state index in [0.29, 0.717) is 29.9 Å². The van der Waals surface area contributed by atoms with Gasteiger partial charge in [-0.1, -0.05) is 20.3 Å². The Morgan fingerprint density at radius 1 is 1.38 bits per heavy atom. The van der Waals surface area contributed by atoms with Crippen LogP contribution in [0, 0.1) is 6.08 Å². The molecule has 0 bridgehead atoms. The van der Waals surface area contributed by atoms with Gasteiger partial charge in [-0.15, -0.1) is 17.2 Å². The summed E-state index contributed by atoms with van der Waals surface area (Å²) in [7, 11) is 0. The molecule has 21 heavy (non-hydrogen) atoms. The molecule has 1 aliphatic heterocycles. The molecule has 0 spiro atoms. The fourth-order valence-electron chi connectivity index (χ4n) is 1.82. The van der Waals surface area contributed by atoms with Crippen LogP contribution >= 0.6 is 11.6 Å². The van der Waals surface area contributed by atoms with E-state index in [1.165, 1.54) is 0 Å². The summed E-state index contributed by atoms with van der Waals surface area (Å²) in [6, 6.07) is -0.668. The summed E-state index contributed by atoms with van der Waals surface area (Å²) in [5.41, 5.74) is 0.343. The number of allylic oxidation sites excluding steroid dienone is 2. The maximum absolute atomic E-state index is 11.9. The van der Waals surface area contributed by atoms with Gasteiger partial charge in [0.05, 0.1) is 6.04 Å². The quantitative estimate of drug-likeness (QED) is 0.465. The normalized spacial score (nSPS) is 20.8. The molecule has 0 aromatic heterocycles. The molecule has 2 aliphatic rings. The fraction of sp³-hybridized carbons (Fsp3) is 0.500. The molecule has 0 aromatic carbocycles. The molecule has 1 saturated heterocycles. The number of hydrogen-bond donors (Lipinski definition) is 2. The van der Waals surface area contributed by atoms with Crippen LogP contribution in [0.2, 0.25) is 0 Å². The van der Waals surface area contributed by atoms with Crippen molar-refractivity contribution in [3.8, 4) is 0 Å². The number of carbonyl (C=O) groups excluding carboxylic acids is 3. The van der Waals surface area contributed by atoms with Gasteiger partial charge in [0.1, 0.15) is 5.91 Å². The van der Waals surface area contributed by atoms with Crippen LogP contribution < -0.4 is 10.6 Å². The van der Waals surface area contributed by atoms with Gasteiger partial charge >= 0.3 is 0 Å². The topological polar surface area (TPSA) is 75.3 Å². The number of rotatable bonds is 2. The molecular formula is C14H18ClN2O3W-. The van der Waals surface area contributed by atoms with E-state index in [4.69, 9.17) is 11.6 Å². The standard InChI is InChI=1S/C12H12ClN2O3.C2H6.W/c13-8-3-1-2-7(6-8)11(17)14-9-4-5-10(16)15-12(9)18;1-2;/h2,9H,1,3-5H2,(H,14,17)(H,15,16,18);1-2H3;/q-1;;. The van der Waals surface area contributed by atoms with Crippen molar-refractivity contribution in [1.29, 1.82) is 0 Å². The Bertz CT molecular complexity index is 475. The van der Waals surface area contributed by atoms with Gasteiger partial charge in [0, 0.05) is 27.5 Å². The molecule has 1 heterocycles. The first-order chi connectivity index (χ1) is 9.56. The number of amides is 3. The Balaban J connectivity index is 0.00000128. The summed E-state index contributed by atoms with van der Waals surface area (Å²) in [6.07, 6.45) is 6.41. The first kappa shape index (κ1) is 20.1. The Labute approximate surface area is 143 Å². The Morgan fingerprint density at radius 3 is 2.62 bits per heavy atom. The molecule has 1 unspecified atom stereocenters. The van der Waals surface area contributed by atoms with Gasteiger partial charge in [-0.25, -0.2) is 0 Å². The molecule has 7 heteroatoms. The molecule has 1 fully saturated rings. The summed E-state index contributed by atoms with van der Waals surface area (Å²) in [6.45, 7) is 4.00. The average Bonchev–Trinajstić information content (AvgIpc) is 2.44. The number of imide groups is 1. The van der Waals surface area contributed by atoms with Crippen LogP contribution in [0.4, 0.5) is 0 Å². The van der Waals surface area contributed by atoms with Crippen molar-refractivity contribution in [3.05, 3.63) is 22.8 Å². The van der Waals surface area contributed by atoms with Crippen molar-refractivity contribution < 1.29 is 35.4 Å². The molecular weight excluding hydrogens is 463 g/mol. The molecule has 0 aromatic rings. The van der Waals surface area contributed by atoms with Crippen LogP contribution in [0.25, 0.3) is 0 Å². The van der Waals surface area contributed by atoms with Crippen molar-refractivity contribution in [1.82, 2.24) is 10.6 Å². The summed E-state index contributed by atoms with van der Waals surface area (Å²) >= 11 is 5.81. The van der Waals surface area contributed by atoms with Gasteiger partial charge < -0.3 is 10.1 Å². The van der Waals surface area contributed by atoms with Gasteiger partial charge in [0.2, 0.25) is 11.8 Å². The van der Waals surface area contributed by atoms with Crippen LogP contribution in [0.3, 0.4) is 0 Å². The second kappa shape index (κ2) is 9.91. The summed E-state index contributed by atoms with van der Waals surface area (Å²) in [5.74, 6) is -1.16. The van der Waals surface area contributed by atoms with E-state index in [1.807, 2.05) is 13.8 Å². The monoisotopic (exact) mass is 481 g/mol. The molecule has 2 N–H and O–H groups in total. The summed E-state index contributed by atoms with van der Waals surface area (Å²) in [5, 5.41) is 5.26. The zero-order chi connectivity index (χ0) is 15.1. The second-order valence-corrected chi connectivity index (χ2v) is 4.62. The van der Waals surface area contributed by atoms with Gasteiger partial charge in [0.25, 0.3) is 0 Å². The van der Waals surface area contributed by atoms with Crippen molar-refractivity contribution in [2.75, 3.05) is 0 Å². The van der Waals surface area contributed by atoms with Crippen molar-refractivity contribution in [2.45, 2.75) is 45.6 Å². The third kappa shape index (κ3) is 6.14. The van der Waals surface area contributed by atoms with Crippen LogP contribution in [0.5, 0.6) is 0 Å². The predicted molar refractivity (Wildman–Crippen MR) is 75.6 cm³/mol. The Hall–Kier alpha value is -0.932. The maximum atomic E-state index is 11.9. The molecule has 1 atom stereocenters. The fourth-order valence-corrected chi connectivity index (χ4v) is 2.03. The van der Waals surface area contributed by atoms with Crippen LogP contribution in [0.15, 0.2) is 16.7 Å². The largest absolute Gasteiger partial charge is 0.394 e. The second-order valence-electron chi connectivity index (χ2n) is 4.16. The number of piperidine rings is 1. The van der Waals surface area contributed by atoms with Gasteiger partial charge in [-0.05, 0) is 17.9 Å². The zero-order valence-electron chi connectivity index (χ0n) is 12.0. The SMILES string of the molecule is CC.O=C1CCC(NC(=O)C2=CCCC(Cl)=[C-]2)C(=O)N1.[W]. The number of nitrogens with one attached hydrogen (secondary N) is 2. The van der Waals surface area contributed by atoms with E-state index in [2.05, 4.69) is 16.7 Å². The molecule has 5 nitrogen and oxygen atoms in total. The number of carbonyl (C=O) groups is 3. The van der Waals surface area contributed by atoms with Gasteiger partial charge in [-0.2, -0.15) is 12.2 Å². The van der Waals surface area contributed by atoms with E-state index >= 15 is 0 Å². The minimum Gasteiger partial charge on any atom is -0.394 e. The maximum Gasteiger partial charge on any atom is 0.248 e. The number of hydrogen-bond acceptors (Lipinski definition) is 3. The van der Waals surface area contributed by atoms with E-state index in [-0.39, 0.29) is 39.3 Å². The van der Waals surface area contributed by atoms with Crippen LogP contribution in [-0.4, -0.2) is 23.8 Å². The zero-order valence-corrected chi connectivity index (χ0v) is 15.7. The van der Waals surface area contributed by atoms with E-state index in [1.54, 1.807) is 6.08 Å². The Morgan fingerprint density at radius 2 is 2.05 bits per heavy atom. The van der Waals surface area contributed by atoms with Gasteiger partial charge in [-0.3, -0.25) is 14.9 Å². The van der Waals surface area contributed by atoms with E-state index < -0.39 is 11.9 Å². The van der Waals surface area contributed by atoms with Crippen molar-refractivity contribution >= 4 is 29.3 Å².